The molecule has 168 valence electrons. The van der Waals surface area contributed by atoms with Crippen LogP contribution in [0.3, 0.4) is 0 Å². The summed E-state index contributed by atoms with van der Waals surface area (Å²) in [5.41, 5.74) is 6.82. The zero-order valence-electron chi connectivity index (χ0n) is 17.6. The minimum atomic E-state index is -1.18. The lowest BCUT2D eigenvalue weighted by Gasteiger charge is -2.23. The quantitative estimate of drug-likeness (QED) is 0.290. The SMILES string of the molecule is CC(C)CC(NC(=O)CNC(=O)CN)C(=O)NC(Cc1c[nH]c2ccccc12)C(=O)O. The molecule has 1 aromatic heterocycles. The molecule has 0 radical (unpaired) electrons. The van der Waals surface area contributed by atoms with Crippen LogP contribution in [0.25, 0.3) is 10.9 Å². The van der Waals surface area contributed by atoms with Gasteiger partial charge in [0.25, 0.3) is 0 Å². The van der Waals surface area contributed by atoms with Crippen molar-refractivity contribution in [3.05, 3.63) is 36.0 Å². The Morgan fingerprint density at radius 2 is 1.77 bits per heavy atom. The standard InChI is InChI=1S/C21H29N5O5/c1-12(2)7-16(25-19(28)11-24-18(27)9-22)20(29)26-17(21(30)31)8-13-10-23-15-6-4-3-5-14(13)15/h3-6,10,12,16-17,23H,7-9,11,22H2,1-2H3,(H,24,27)(H,25,28)(H,26,29)(H,30,31). The van der Waals surface area contributed by atoms with Gasteiger partial charge < -0.3 is 31.8 Å². The number of aliphatic carboxylic acids is 1. The topological polar surface area (TPSA) is 166 Å². The van der Waals surface area contributed by atoms with Crippen LogP contribution in [0, 0.1) is 5.92 Å². The van der Waals surface area contributed by atoms with E-state index in [1.165, 1.54) is 0 Å². The van der Waals surface area contributed by atoms with Gasteiger partial charge in [0.05, 0.1) is 13.1 Å². The molecule has 1 aromatic carbocycles. The summed E-state index contributed by atoms with van der Waals surface area (Å²) in [6, 6.07) is 5.37. The maximum absolute atomic E-state index is 12.8. The number of carboxylic acid groups (broad SMARTS) is 1. The lowest BCUT2D eigenvalue weighted by atomic mass is 10.0. The molecule has 3 amide bonds. The molecule has 10 heteroatoms. The van der Waals surface area contributed by atoms with Gasteiger partial charge in [-0.15, -0.1) is 0 Å². The van der Waals surface area contributed by atoms with Crippen molar-refractivity contribution in [2.75, 3.05) is 13.1 Å². The Morgan fingerprint density at radius 1 is 1.06 bits per heavy atom. The number of para-hydroxylation sites is 1. The zero-order valence-corrected chi connectivity index (χ0v) is 17.6. The molecule has 31 heavy (non-hydrogen) atoms. The van der Waals surface area contributed by atoms with Crippen molar-refractivity contribution in [2.24, 2.45) is 11.7 Å². The van der Waals surface area contributed by atoms with Gasteiger partial charge in [0, 0.05) is 23.5 Å². The van der Waals surface area contributed by atoms with Crippen molar-refractivity contribution in [1.29, 1.82) is 0 Å². The second-order valence-corrected chi connectivity index (χ2v) is 7.69. The van der Waals surface area contributed by atoms with Crippen LogP contribution in [-0.2, 0) is 25.6 Å². The number of aromatic amines is 1. The number of hydrogen-bond acceptors (Lipinski definition) is 5. The predicted octanol–water partition coefficient (Wildman–Crippen LogP) is -0.114. The first-order chi connectivity index (χ1) is 14.7. The van der Waals surface area contributed by atoms with Gasteiger partial charge in [-0.1, -0.05) is 32.0 Å². The van der Waals surface area contributed by atoms with E-state index in [-0.39, 0.29) is 25.4 Å². The monoisotopic (exact) mass is 431 g/mol. The molecule has 2 atom stereocenters. The van der Waals surface area contributed by atoms with E-state index in [0.717, 1.165) is 16.5 Å². The highest BCUT2D eigenvalue weighted by Crippen LogP contribution is 2.19. The third-order valence-electron chi connectivity index (χ3n) is 4.70. The molecule has 7 N–H and O–H groups in total. The molecular weight excluding hydrogens is 402 g/mol. The van der Waals surface area contributed by atoms with Gasteiger partial charge in [0.1, 0.15) is 12.1 Å². The third-order valence-corrected chi connectivity index (χ3v) is 4.70. The number of carboxylic acids is 1. The Hall–Kier alpha value is -3.40. The van der Waals surface area contributed by atoms with Crippen molar-refractivity contribution in [2.45, 2.75) is 38.8 Å². The summed E-state index contributed by atoms with van der Waals surface area (Å²) in [6.45, 7) is 3.18. The number of rotatable bonds is 11. The van der Waals surface area contributed by atoms with E-state index >= 15 is 0 Å². The van der Waals surface area contributed by atoms with Gasteiger partial charge in [0.15, 0.2) is 0 Å². The smallest absolute Gasteiger partial charge is 0.326 e. The van der Waals surface area contributed by atoms with Crippen LogP contribution in [-0.4, -0.2) is 59.0 Å². The number of carbonyl (C=O) groups excluding carboxylic acids is 3. The number of nitrogens with one attached hydrogen (secondary N) is 4. The van der Waals surface area contributed by atoms with Gasteiger partial charge in [-0.05, 0) is 24.0 Å². The van der Waals surface area contributed by atoms with E-state index in [1.807, 2.05) is 38.1 Å². The molecule has 2 aromatic rings. The van der Waals surface area contributed by atoms with Gasteiger partial charge in [0.2, 0.25) is 17.7 Å². The molecule has 0 saturated heterocycles. The summed E-state index contributed by atoms with van der Waals surface area (Å²) in [5.74, 6) is -2.77. The predicted molar refractivity (Wildman–Crippen MR) is 115 cm³/mol. The summed E-state index contributed by atoms with van der Waals surface area (Å²) in [7, 11) is 0. The molecule has 0 aliphatic carbocycles. The zero-order chi connectivity index (χ0) is 23.0. The maximum atomic E-state index is 12.8. The second-order valence-electron chi connectivity index (χ2n) is 7.69. The highest BCUT2D eigenvalue weighted by atomic mass is 16.4. The lowest BCUT2D eigenvalue weighted by Crippen LogP contribution is -2.54. The van der Waals surface area contributed by atoms with Crippen LogP contribution in [0.1, 0.15) is 25.8 Å². The fraction of sp³-hybridized carbons (Fsp3) is 0.429. The molecule has 10 nitrogen and oxygen atoms in total. The largest absolute Gasteiger partial charge is 0.480 e. The minimum Gasteiger partial charge on any atom is -0.480 e. The van der Waals surface area contributed by atoms with Crippen molar-refractivity contribution in [1.82, 2.24) is 20.9 Å². The highest BCUT2D eigenvalue weighted by molar-refractivity contribution is 5.92. The van der Waals surface area contributed by atoms with Crippen LogP contribution in [0.5, 0.6) is 0 Å². The third kappa shape index (κ3) is 7.10. The lowest BCUT2D eigenvalue weighted by molar-refractivity contribution is -0.142. The number of H-pyrrole nitrogens is 1. The van der Waals surface area contributed by atoms with Crippen molar-refractivity contribution in [3.8, 4) is 0 Å². The van der Waals surface area contributed by atoms with Crippen LogP contribution in [0.2, 0.25) is 0 Å². The maximum Gasteiger partial charge on any atom is 0.326 e. The van der Waals surface area contributed by atoms with Crippen molar-refractivity contribution >= 4 is 34.6 Å². The fourth-order valence-electron chi connectivity index (χ4n) is 3.19. The van der Waals surface area contributed by atoms with E-state index in [0.29, 0.717) is 6.42 Å². The summed E-state index contributed by atoms with van der Waals surface area (Å²) < 4.78 is 0. The second kappa shape index (κ2) is 11.1. The highest BCUT2D eigenvalue weighted by Gasteiger charge is 2.28. The van der Waals surface area contributed by atoms with Crippen molar-refractivity contribution in [3.63, 3.8) is 0 Å². The minimum absolute atomic E-state index is 0.0616. The molecule has 0 bridgehead atoms. The molecule has 2 rings (SSSR count). The van der Waals surface area contributed by atoms with E-state index in [1.54, 1.807) is 6.20 Å². The first-order valence-electron chi connectivity index (χ1n) is 10.1. The first kappa shape index (κ1) is 23.9. The molecule has 1 heterocycles. The van der Waals surface area contributed by atoms with E-state index in [2.05, 4.69) is 20.9 Å². The van der Waals surface area contributed by atoms with E-state index < -0.39 is 35.8 Å². The number of fused-ring (bicyclic) bond motifs is 1. The summed E-state index contributed by atoms with van der Waals surface area (Å²) in [5, 5.41) is 17.9. The van der Waals surface area contributed by atoms with E-state index in [9.17, 15) is 24.3 Å². The average Bonchev–Trinajstić information content (AvgIpc) is 3.13. The average molecular weight is 431 g/mol. The number of aromatic nitrogens is 1. The molecule has 0 saturated carbocycles. The molecule has 0 spiro atoms. The molecule has 2 unspecified atom stereocenters. The Labute approximate surface area is 179 Å². The van der Waals surface area contributed by atoms with Gasteiger partial charge in [-0.3, -0.25) is 14.4 Å². The Balaban J connectivity index is 2.08. The van der Waals surface area contributed by atoms with Gasteiger partial charge in [-0.25, -0.2) is 4.79 Å². The summed E-state index contributed by atoms with van der Waals surface area (Å²) in [4.78, 5) is 51.0. The molecule has 0 fully saturated rings. The number of amides is 3. The number of hydrogen-bond donors (Lipinski definition) is 6. The summed E-state index contributed by atoms with van der Waals surface area (Å²) in [6.07, 6.45) is 2.11. The molecular formula is C21H29N5O5. The Kier molecular flexibility index (Phi) is 8.56. The van der Waals surface area contributed by atoms with Crippen LogP contribution < -0.4 is 21.7 Å². The Bertz CT molecular complexity index is 939. The summed E-state index contributed by atoms with van der Waals surface area (Å²) >= 11 is 0. The molecule has 0 aliphatic heterocycles. The van der Waals surface area contributed by atoms with Crippen LogP contribution >= 0.6 is 0 Å². The number of nitrogens with two attached hydrogens (primary N) is 1. The number of carbonyl (C=O) groups is 4. The number of benzene rings is 1. The van der Waals surface area contributed by atoms with Gasteiger partial charge >= 0.3 is 5.97 Å². The normalized spacial score (nSPS) is 12.9. The van der Waals surface area contributed by atoms with E-state index in [4.69, 9.17) is 5.73 Å². The van der Waals surface area contributed by atoms with Gasteiger partial charge in [-0.2, -0.15) is 0 Å². The van der Waals surface area contributed by atoms with Crippen molar-refractivity contribution < 1.29 is 24.3 Å². The Morgan fingerprint density at radius 3 is 2.42 bits per heavy atom. The first-order valence-corrected chi connectivity index (χ1v) is 10.1. The van der Waals surface area contributed by atoms with Crippen LogP contribution in [0.4, 0.5) is 0 Å². The van der Waals surface area contributed by atoms with Crippen LogP contribution in [0.15, 0.2) is 30.5 Å². The fourth-order valence-corrected chi connectivity index (χ4v) is 3.19. The molecule has 0 aliphatic rings.